The van der Waals surface area contributed by atoms with Crippen molar-refractivity contribution in [3.63, 3.8) is 0 Å². The zero-order valence-electron chi connectivity index (χ0n) is 14.4. The van der Waals surface area contributed by atoms with Gasteiger partial charge in [0.25, 0.3) is 0 Å². The number of nitrogens with zero attached hydrogens (tertiary/aromatic N) is 1. The van der Waals surface area contributed by atoms with E-state index in [-0.39, 0.29) is 37.8 Å². The number of rotatable bonds is 6. The maximum Gasteiger partial charge on any atom is 0.246 e. The van der Waals surface area contributed by atoms with Crippen molar-refractivity contribution in [1.82, 2.24) is 10.2 Å². The molecule has 0 radical (unpaired) electrons. The van der Waals surface area contributed by atoms with E-state index in [4.69, 9.17) is 9.47 Å². The predicted octanol–water partition coefficient (Wildman–Crippen LogP) is -0.703. The monoisotopic (exact) mass is 350 g/mol. The van der Waals surface area contributed by atoms with Gasteiger partial charge in [0.2, 0.25) is 5.91 Å². The molecule has 1 aromatic rings. The molecule has 2 aliphatic heterocycles. The number of carbonyl (C=O) groups excluding carboxylic acids is 1. The second kappa shape index (κ2) is 8.25. The quantitative estimate of drug-likeness (QED) is 0.628. The first-order valence-corrected chi connectivity index (χ1v) is 8.65. The van der Waals surface area contributed by atoms with Gasteiger partial charge in [-0.05, 0) is 17.5 Å². The minimum Gasteiger partial charge on any atom is -0.394 e. The van der Waals surface area contributed by atoms with Crippen LogP contribution in [0.2, 0.25) is 0 Å². The number of carbonyl (C=O) groups is 1. The Labute approximate surface area is 147 Å². The Bertz CT molecular complexity index is 597. The molecule has 4 atom stereocenters. The van der Waals surface area contributed by atoms with Crippen molar-refractivity contribution in [2.24, 2.45) is 0 Å². The van der Waals surface area contributed by atoms with Crippen LogP contribution >= 0.6 is 0 Å². The first-order chi connectivity index (χ1) is 12.1. The molecule has 25 heavy (non-hydrogen) atoms. The molecule has 3 rings (SSSR count). The second-order valence-electron chi connectivity index (χ2n) is 6.60. The van der Waals surface area contributed by atoms with E-state index in [2.05, 4.69) is 22.3 Å². The predicted molar refractivity (Wildman–Crippen MR) is 91.0 cm³/mol. The molecule has 1 fully saturated rings. The fourth-order valence-corrected chi connectivity index (χ4v) is 3.76. The number of hydrogen-bond donors (Lipinski definition) is 3. The molecule has 0 saturated carbocycles. The zero-order valence-corrected chi connectivity index (χ0v) is 14.4. The number of fused-ring (bicyclic) bond motifs is 1. The largest absolute Gasteiger partial charge is 0.394 e. The molecule has 2 aliphatic rings. The second-order valence-corrected chi connectivity index (χ2v) is 6.60. The van der Waals surface area contributed by atoms with E-state index in [1.165, 1.54) is 18.2 Å². The summed E-state index contributed by atoms with van der Waals surface area (Å²) in [4.78, 5) is 13.9. The molecular weight excluding hydrogens is 324 g/mol. The first kappa shape index (κ1) is 18.3. The number of methoxy groups -OCH3 is 1. The molecular formula is C18H26N2O5. The summed E-state index contributed by atoms with van der Waals surface area (Å²) in [6.45, 7) is 1.55. The Morgan fingerprint density at radius 1 is 1.36 bits per heavy atom. The van der Waals surface area contributed by atoms with Crippen LogP contribution in [0.5, 0.6) is 0 Å². The minimum atomic E-state index is -0.792. The van der Waals surface area contributed by atoms with Crippen LogP contribution < -0.4 is 5.32 Å². The van der Waals surface area contributed by atoms with E-state index in [0.29, 0.717) is 0 Å². The third-order valence-corrected chi connectivity index (χ3v) is 5.00. The van der Waals surface area contributed by atoms with Gasteiger partial charge in [-0.2, -0.15) is 0 Å². The molecule has 0 aliphatic carbocycles. The molecule has 138 valence electrons. The zero-order chi connectivity index (χ0) is 17.8. The third kappa shape index (κ3) is 4.02. The van der Waals surface area contributed by atoms with E-state index in [1.54, 1.807) is 0 Å². The Balaban J connectivity index is 1.71. The highest BCUT2D eigenvalue weighted by Gasteiger charge is 2.46. The number of aliphatic hydroxyl groups is 2. The Hall–Kier alpha value is -1.51. The van der Waals surface area contributed by atoms with Crippen molar-refractivity contribution >= 4 is 5.91 Å². The highest BCUT2D eigenvalue weighted by Crippen LogP contribution is 2.30. The Morgan fingerprint density at radius 3 is 2.84 bits per heavy atom. The van der Waals surface area contributed by atoms with Crippen LogP contribution in [-0.4, -0.2) is 78.8 Å². The average Bonchev–Trinajstić information content (AvgIpc) is 2.95. The van der Waals surface area contributed by atoms with Gasteiger partial charge in [0, 0.05) is 26.7 Å². The van der Waals surface area contributed by atoms with Gasteiger partial charge >= 0.3 is 0 Å². The SMILES string of the molecule is COCC(=O)NC[C@@H]1O[C@@H](CO)[C@@H](O)[C@H]1N1CCc2ccccc2C1. The average molecular weight is 350 g/mol. The minimum absolute atomic E-state index is 0.0134. The number of hydrogen-bond acceptors (Lipinski definition) is 6. The van der Waals surface area contributed by atoms with Crippen molar-refractivity contribution in [3.05, 3.63) is 35.4 Å². The molecule has 1 saturated heterocycles. The summed E-state index contributed by atoms with van der Waals surface area (Å²) >= 11 is 0. The highest BCUT2D eigenvalue weighted by molar-refractivity contribution is 5.77. The van der Waals surface area contributed by atoms with Crippen LogP contribution in [0.15, 0.2) is 24.3 Å². The van der Waals surface area contributed by atoms with Crippen molar-refractivity contribution in [2.75, 3.05) is 33.4 Å². The summed E-state index contributed by atoms with van der Waals surface area (Å²) in [6, 6.07) is 8.02. The van der Waals surface area contributed by atoms with Gasteiger partial charge in [-0.3, -0.25) is 9.69 Å². The van der Waals surface area contributed by atoms with Crippen LogP contribution in [0, 0.1) is 0 Å². The molecule has 7 nitrogen and oxygen atoms in total. The van der Waals surface area contributed by atoms with Gasteiger partial charge in [-0.15, -0.1) is 0 Å². The van der Waals surface area contributed by atoms with Crippen LogP contribution in [0.25, 0.3) is 0 Å². The summed E-state index contributed by atoms with van der Waals surface area (Å²) < 4.78 is 10.6. The van der Waals surface area contributed by atoms with Gasteiger partial charge in [0.05, 0.1) is 18.8 Å². The topological polar surface area (TPSA) is 91.3 Å². The van der Waals surface area contributed by atoms with E-state index < -0.39 is 12.2 Å². The summed E-state index contributed by atoms with van der Waals surface area (Å²) in [7, 11) is 1.46. The van der Waals surface area contributed by atoms with E-state index >= 15 is 0 Å². The van der Waals surface area contributed by atoms with Gasteiger partial charge < -0.3 is 25.0 Å². The van der Waals surface area contributed by atoms with Gasteiger partial charge in [-0.25, -0.2) is 0 Å². The fraction of sp³-hybridized carbons (Fsp3) is 0.611. The first-order valence-electron chi connectivity index (χ1n) is 8.65. The van der Waals surface area contributed by atoms with Crippen LogP contribution in [0.4, 0.5) is 0 Å². The smallest absolute Gasteiger partial charge is 0.246 e. The van der Waals surface area contributed by atoms with Crippen LogP contribution in [0.1, 0.15) is 11.1 Å². The molecule has 0 unspecified atom stereocenters. The molecule has 1 amide bonds. The lowest BCUT2D eigenvalue weighted by Crippen LogP contribution is -2.52. The summed E-state index contributed by atoms with van der Waals surface area (Å²) in [6.07, 6.45) is -0.893. The summed E-state index contributed by atoms with van der Waals surface area (Å²) in [5, 5.41) is 22.9. The normalized spacial score (nSPS) is 29.4. The summed E-state index contributed by atoms with van der Waals surface area (Å²) in [5.74, 6) is -0.226. The van der Waals surface area contributed by atoms with E-state index in [0.717, 1.165) is 19.5 Å². The van der Waals surface area contributed by atoms with Crippen LogP contribution in [0.3, 0.4) is 0 Å². The highest BCUT2D eigenvalue weighted by atomic mass is 16.5. The van der Waals surface area contributed by atoms with Gasteiger partial charge in [-0.1, -0.05) is 24.3 Å². The Kier molecular flexibility index (Phi) is 6.03. The number of aliphatic hydroxyl groups excluding tert-OH is 2. The molecule has 7 heteroatoms. The maximum absolute atomic E-state index is 11.7. The fourth-order valence-electron chi connectivity index (χ4n) is 3.76. The van der Waals surface area contributed by atoms with E-state index in [9.17, 15) is 15.0 Å². The molecule has 0 bridgehead atoms. The van der Waals surface area contributed by atoms with Crippen LogP contribution in [-0.2, 0) is 27.2 Å². The number of benzene rings is 1. The third-order valence-electron chi connectivity index (χ3n) is 5.00. The van der Waals surface area contributed by atoms with Gasteiger partial charge in [0.1, 0.15) is 18.8 Å². The number of amides is 1. The lowest BCUT2D eigenvalue weighted by Gasteiger charge is -2.37. The lowest BCUT2D eigenvalue weighted by atomic mass is 9.95. The number of nitrogens with one attached hydrogen (secondary N) is 1. The molecule has 2 heterocycles. The summed E-state index contributed by atoms with van der Waals surface area (Å²) in [5.41, 5.74) is 2.58. The van der Waals surface area contributed by atoms with E-state index in [1.807, 2.05) is 12.1 Å². The molecule has 1 aromatic carbocycles. The van der Waals surface area contributed by atoms with Crippen molar-refractivity contribution in [1.29, 1.82) is 0 Å². The molecule has 3 N–H and O–H groups in total. The van der Waals surface area contributed by atoms with Crippen molar-refractivity contribution in [2.45, 2.75) is 37.3 Å². The maximum atomic E-state index is 11.7. The lowest BCUT2D eigenvalue weighted by molar-refractivity contribution is -0.125. The van der Waals surface area contributed by atoms with Gasteiger partial charge in [0.15, 0.2) is 0 Å². The van der Waals surface area contributed by atoms with Crippen molar-refractivity contribution < 1.29 is 24.5 Å². The Morgan fingerprint density at radius 2 is 2.12 bits per heavy atom. The molecule has 0 aromatic heterocycles. The van der Waals surface area contributed by atoms with Crippen molar-refractivity contribution in [3.8, 4) is 0 Å². The number of ether oxygens (including phenoxy) is 2. The molecule has 0 spiro atoms. The standard InChI is InChI=1S/C18H26N2O5/c1-24-11-16(22)19-8-14-17(18(23)15(10-21)25-14)20-7-6-12-4-2-3-5-13(12)9-20/h2-5,14-15,17-18,21,23H,6-11H2,1H3,(H,19,22)/t14-,15-,17-,18+/m0/s1.